The van der Waals surface area contributed by atoms with Crippen molar-refractivity contribution in [2.45, 2.75) is 67.2 Å². The molecular formula is C22H46I2N2. The first-order chi connectivity index (χ1) is 11.4. The summed E-state index contributed by atoms with van der Waals surface area (Å²) in [6, 6.07) is 0. The van der Waals surface area contributed by atoms with E-state index in [4.69, 9.17) is 0 Å². The average Bonchev–Trinajstić information content (AvgIpc) is 3.01. The second kappa shape index (κ2) is 12.2. The van der Waals surface area contributed by atoms with Crippen LogP contribution in [0.15, 0.2) is 0 Å². The predicted octanol–water partition coefficient (Wildman–Crippen LogP) is -1.20. The van der Waals surface area contributed by atoms with Gasteiger partial charge in [0.05, 0.1) is 52.4 Å². The van der Waals surface area contributed by atoms with Gasteiger partial charge < -0.3 is 56.9 Å². The molecule has 0 bridgehead atoms. The second-order valence-corrected chi connectivity index (χ2v) is 9.82. The summed E-state index contributed by atoms with van der Waals surface area (Å²) in [7, 11) is 0. The molecule has 4 unspecified atom stereocenters. The highest BCUT2D eigenvalue weighted by atomic mass is 127. The normalized spacial score (nSPS) is 39.5. The van der Waals surface area contributed by atoms with Gasteiger partial charge in [0.2, 0.25) is 0 Å². The molecule has 2 nitrogen and oxygen atoms in total. The van der Waals surface area contributed by atoms with Crippen molar-refractivity contribution < 1.29 is 56.9 Å². The summed E-state index contributed by atoms with van der Waals surface area (Å²) in [5, 5.41) is 0. The standard InChI is InChI=1S/C22H46N2.2HI/c1-7-23(15-19(3)20(4)16-23)13-11-9-10-12-14-24(8-2)17-21(5)22(6)18-24;;/h19-22H,7-18H2,1-6H3;2*1H/q+2;;/p-2. The van der Waals surface area contributed by atoms with E-state index in [1.54, 1.807) is 0 Å². The summed E-state index contributed by atoms with van der Waals surface area (Å²) >= 11 is 0. The van der Waals surface area contributed by atoms with Crippen LogP contribution in [0.5, 0.6) is 0 Å². The first-order valence-corrected chi connectivity index (χ1v) is 11.1. The average molecular weight is 592 g/mol. The summed E-state index contributed by atoms with van der Waals surface area (Å²) in [5.41, 5.74) is 0. The van der Waals surface area contributed by atoms with Crippen LogP contribution in [-0.4, -0.2) is 61.3 Å². The number of unbranched alkanes of at least 4 members (excludes halogenated alkanes) is 3. The summed E-state index contributed by atoms with van der Waals surface area (Å²) in [4.78, 5) is 0. The molecule has 0 amide bonds. The van der Waals surface area contributed by atoms with Crippen LogP contribution in [0, 0.1) is 23.7 Å². The number of nitrogens with zero attached hydrogens (tertiary/aromatic N) is 2. The minimum absolute atomic E-state index is 0. The van der Waals surface area contributed by atoms with E-state index in [0.717, 1.165) is 23.7 Å². The maximum Gasteiger partial charge on any atom is 0.0817 e. The van der Waals surface area contributed by atoms with Gasteiger partial charge in [-0.15, -0.1) is 0 Å². The lowest BCUT2D eigenvalue weighted by molar-refractivity contribution is -0.918. The third-order valence-corrected chi connectivity index (χ3v) is 8.00. The van der Waals surface area contributed by atoms with Crippen molar-refractivity contribution in [3.05, 3.63) is 0 Å². The van der Waals surface area contributed by atoms with Crippen molar-refractivity contribution in [1.82, 2.24) is 0 Å². The Morgan fingerprint density at radius 3 is 1.04 bits per heavy atom. The topological polar surface area (TPSA) is 0 Å². The van der Waals surface area contributed by atoms with E-state index in [0.29, 0.717) is 0 Å². The van der Waals surface area contributed by atoms with Gasteiger partial charge in [0, 0.05) is 23.7 Å². The molecule has 0 aromatic heterocycles. The van der Waals surface area contributed by atoms with Crippen molar-refractivity contribution in [3.8, 4) is 0 Å². The third kappa shape index (κ3) is 7.01. The molecule has 0 N–H and O–H groups in total. The fraction of sp³-hybridized carbons (Fsp3) is 1.00. The lowest BCUT2D eigenvalue weighted by atomic mass is 10.0. The Hall–Kier alpha value is 1.38. The van der Waals surface area contributed by atoms with Gasteiger partial charge >= 0.3 is 0 Å². The van der Waals surface area contributed by atoms with Gasteiger partial charge in [-0.2, -0.15) is 0 Å². The molecule has 2 aliphatic heterocycles. The second-order valence-electron chi connectivity index (χ2n) is 9.82. The van der Waals surface area contributed by atoms with Gasteiger partial charge in [-0.3, -0.25) is 0 Å². The molecule has 0 spiro atoms. The molecule has 26 heavy (non-hydrogen) atoms. The molecule has 0 aliphatic carbocycles. The van der Waals surface area contributed by atoms with E-state index in [2.05, 4.69) is 41.5 Å². The molecule has 2 saturated heterocycles. The minimum Gasteiger partial charge on any atom is -1.00 e. The first kappa shape index (κ1) is 27.4. The smallest absolute Gasteiger partial charge is 0.0817 e. The van der Waals surface area contributed by atoms with Crippen LogP contribution in [0.1, 0.15) is 67.2 Å². The number of rotatable bonds is 9. The fourth-order valence-electron chi connectivity index (χ4n) is 5.76. The number of hydrogen-bond acceptors (Lipinski definition) is 0. The van der Waals surface area contributed by atoms with Crippen molar-refractivity contribution in [3.63, 3.8) is 0 Å². The monoisotopic (exact) mass is 592 g/mol. The Morgan fingerprint density at radius 1 is 0.538 bits per heavy atom. The Morgan fingerprint density at radius 2 is 0.808 bits per heavy atom. The van der Waals surface area contributed by atoms with Gasteiger partial charge in [0.1, 0.15) is 0 Å². The van der Waals surface area contributed by atoms with Crippen molar-refractivity contribution in [1.29, 1.82) is 0 Å². The van der Waals surface area contributed by atoms with Gasteiger partial charge in [0.15, 0.2) is 0 Å². The summed E-state index contributed by atoms with van der Waals surface area (Å²) in [5.74, 6) is 3.71. The quantitative estimate of drug-likeness (QED) is 0.180. The molecular weight excluding hydrogens is 546 g/mol. The summed E-state index contributed by atoms with van der Waals surface area (Å²) < 4.78 is 2.82. The van der Waals surface area contributed by atoms with Crippen LogP contribution in [0.2, 0.25) is 0 Å². The highest BCUT2D eigenvalue weighted by molar-refractivity contribution is 4.71. The molecule has 0 aromatic rings. The maximum absolute atomic E-state index is 2.46. The maximum atomic E-state index is 2.46. The zero-order valence-electron chi connectivity index (χ0n) is 18.4. The van der Waals surface area contributed by atoms with Gasteiger partial charge in [0.25, 0.3) is 0 Å². The minimum atomic E-state index is 0. The number of hydrogen-bond donors (Lipinski definition) is 0. The number of likely N-dealkylation sites (tertiary alicyclic amines) is 2. The lowest BCUT2D eigenvalue weighted by Gasteiger charge is -2.34. The molecule has 2 aliphatic rings. The molecule has 0 aromatic carbocycles. The highest BCUT2D eigenvalue weighted by Crippen LogP contribution is 2.31. The van der Waals surface area contributed by atoms with E-state index in [9.17, 15) is 0 Å². The van der Waals surface area contributed by atoms with Crippen molar-refractivity contribution >= 4 is 0 Å². The van der Waals surface area contributed by atoms with E-state index < -0.39 is 0 Å². The summed E-state index contributed by atoms with van der Waals surface area (Å²) in [6.07, 6.45) is 5.81. The summed E-state index contributed by atoms with van der Waals surface area (Å²) in [6.45, 7) is 26.0. The molecule has 158 valence electrons. The van der Waals surface area contributed by atoms with E-state index in [1.165, 1.54) is 87.0 Å². The van der Waals surface area contributed by atoms with Crippen LogP contribution in [0.25, 0.3) is 0 Å². The number of quaternary nitrogens is 2. The molecule has 0 radical (unpaired) electrons. The van der Waals surface area contributed by atoms with Crippen LogP contribution < -0.4 is 48.0 Å². The molecule has 2 rings (SSSR count). The molecule has 2 heterocycles. The molecule has 4 heteroatoms. The third-order valence-electron chi connectivity index (χ3n) is 8.00. The Kier molecular flexibility index (Phi) is 12.8. The lowest BCUT2D eigenvalue weighted by Crippen LogP contribution is -3.00. The van der Waals surface area contributed by atoms with Crippen LogP contribution in [0.3, 0.4) is 0 Å². The predicted molar refractivity (Wildman–Crippen MR) is 106 cm³/mol. The van der Waals surface area contributed by atoms with Crippen LogP contribution in [-0.2, 0) is 0 Å². The highest BCUT2D eigenvalue weighted by Gasteiger charge is 2.40. The molecule has 2 fully saturated rings. The fourth-order valence-corrected chi connectivity index (χ4v) is 5.76. The van der Waals surface area contributed by atoms with Gasteiger partial charge in [-0.05, 0) is 39.5 Å². The van der Waals surface area contributed by atoms with Crippen molar-refractivity contribution in [2.24, 2.45) is 23.7 Å². The zero-order valence-corrected chi connectivity index (χ0v) is 22.8. The van der Waals surface area contributed by atoms with E-state index in [1.807, 2.05) is 0 Å². The Labute approximate surface area is 199 Å². The van der Waals surface area contributed by atoms with Crippen LogP contribution >= 0.6 is 0 Å². The van der Waals surface area contributed by atoms with Gasteiger partial charge in [-0.25, -0.2) is 0 Å². The van der Waals surface area contributed by atoms with Crippen molar-refractivity contribution in [2.75, 3.05) is 52.4 Å². The molecule has 0 saturated carbocycles. The first-order valence-electron chi connectivity index (χ1n) is 11.1. The number of halogens is 2. The Balaban J connectivity index is 0.00000312. The van der Waals surface area contributed by atoms with Gasteiger partial charge in [-0.1, -0.05) is 27.7 Å². The SMILES string of the molecule is CC[N+]1(CCCCCC[N+]2(CC)CC(C)C(C)C2)CC(C)C(C)C1.[I-].[I-]. The zero-order chi connectivity index (χ0) is 17.8. The largest absolute Gasteiger partial charge is 1.00 e. The Bertz CT molecular complexity index is 332. The molecule has 4 atom stereocenters. The van der Waals surface area contributed by atoms with E-state index >= 15 is 0 Å². The van der Waals surface area contributed by atoms with E-state index in [-0.39, 0.29) is 48.0 Å². The van der Waals surface area contributed by atoms with Crippen LogP contribution in [0.4, 0.5) is 0 Å².